The molecule has 0 radical (unpaired) electrons. The molecule has 0 aliphatic heterocycles. The minimum absolute atomic E-state index is 0.00918. The van der Waals surface area contributed by atoms with Crippen LogP contribution in [0.15, 0.2) is 12.7 Å². The van der Waals surface area contributed by atoms with Crippen molar-refractivity contribution in [3.63, 3.8) is 0 Å². The molecule has 7 heteroatoms. The maximum absolute atomic E-state index is 12.0. The van der Waals surface area contributed by atoms with E-state index in [1.54, 1.807) is 0 Å². The highest BCUT2D eigenvalue weighted by molar-refractivity contribution is 5.81. The SMILES string of the molecule is C=CC(=O)OCCC(O)COC(=O)C1CCCCC1C(=O)O. The number of rotatable bonds is 8. The number of carboxylic acid groups (broad SMARTS) is 1. The average molecular weight is 314 g/mol. The molecule has 1 rings (SSSR count). The lowest BCUT2D eigenvalue weighted by Gasteiger charge is -2.27. The summed E-state index contributed by atoms with van der Waals surface area (Å²) < 4.78 is 9.69. The summed E-state index contributed by atoms with van der Waals surface area (Å²) in [4.78, 5) is 33.9. The number of carboxylic acids is 1. The smallest absolute Gasteiger partial charge is 0.330 e. The lowest BCUT2D eigenvalue weighted by molar-refractivity contribution is -0.162. The van der Waals surface area contributed by atoms with Crippen LogP contribution in [0.3, 0.4) is 0 Å². The van der Waals surface area contributed by atoms with E-state index in [1.807, 2.05) is 0 Å². The van der Waals surface area contributed by atoms with E-state index in [0.29, 0.717) is 12.8 Å². The summed E-state index contributed by atoms with van der Waals surface area (Å²) in [5, 5.41) is 18.8. The fraction of sp³-hybridized carbons (Fsp3) is 0.667. The van der Waals surface area contributed by atoms with Crippen molar-refractivity contribution in [2.75, 3.05) is 13.2 Å². The molecule has 1 aliphatic carbocycles. The second-order valence-corrected chi connectivity index (χ2v) is 5.28. The fourth-order valence-electron chi connectivity index (χ4n) is 2.43. The van der Waals surface area contributed by atoms with Gasteiger partial charge in [0.2, 0.25) is 0 Å². The Morgan fingerprint density at radius 1 is 1.18 bits per heavy atom. The Morgan fingerprint density at radius 3 is 2.41 bits per heavy atom. The maximum Gasteiger partial charge on any atom is 0.330 e. The van der Waals surface area contributed by atoms with Crippen molar-refractivity contribution < 1.29 is 34.1 Å². The number of ether oxygens (including phenoxy) is 2. The molecule has 0 saturated heterocycles. The second-order valence-electron chi connectivity index (χ2n) is 5.28. The highest BCUT2D eigenvalue weighted by Crippen LogP contribution is 2.31. The largest absolute Gasteiger partial charge is 0.481 e. The fourth-order valence-corrected chi connectivity index (χ4v) is 2.43. The molecule has 0 aromatic carbocycles. The molecule has 0 spiro atoms. The van der Waals surface area contributed by atoms with Crippen LogP contribution in [-0.2, 0) is 23.9 Å². The average Bonchev–Trinajstić information content (AvgIpc) is 2.52. The van der Waals surface area contributed by atoms with Crippen LogP contribution in [0.1, 0.15) is 32.1 Å². The minimum atomic E-state index is -0.987. The number of carbonyl (C=O) groups excluding carboxylic acids is 2. The van der Waals surface area contributed by atoms with Gasteiger partial charge in [-0.15, -0.1) is 0 Å². The molecule has 3 atom stereocenters. The minimum Gasteiger partial charge on any atom is -0.481 e. The first-order chi connectivity index (χ1) is 10.5. The van der Waals surface area contributed by atoms with Gasteiger partial charge in [-0.1, -0.05) is 19.4 Å². The zero-order valence-corrected chi connectivity index (χ0v) is 12.4. The van der Waals surface area contributed by atoms with E-state index in [2.05, 4.69) is 6.58 Å². The molecule has 2 N–H and O–H groups in total. The van der Waals surface area contributed by atoms with Gasteiger partial charge in [0, 0.05) is 12.5 Å². The lowest BCUT2D eigenvalue weighted by Crippen LogP contribution is -2.35. The highest BCUT2D eigenvalue weighted by atomic mass is 16.5. The van der Waals surface area contributed by atoms with Crippen molar-refractivity contribution in [3.05, 3.63) is 12.7 Å². The molecule has 0 aromatic rings. The number of hydrogen-bond donors (Lipinski definition) is 2. The van der Waals surface area contributed by atoms with Crippen LogP contribution in [0.5, 0.6) is 0 Å². The third-order valence-electron chi connectivity index (χ3n) is 3.67. The summed E-state index contributed by atoms with van der Waals surface area (Å²) in [6.07, 6.45) is 2.72. The van der Waals surface area contributed by atoms with Crippen LogP contribution in [0.2, 0.25) is 0 Å². The van der Waals surface area contributed by atoms with Gasteiger partial charge in [0.25, 0.3) is 0 Å². The number of aliphatic hydroxyl groups excluding tert-OH is 1. The summed E-state index contributed by atoms with van der Waals surface area (Å²) in [6, 6.07) is 0. The van der Waals surface area contributed by atoms with E-state index in [-0.39, 0.29) is 19.6 Å². The highest BCUT2D eigenvalue weighted by Gasteiger charge is 2.36. The first-order valence-corrected chi connectivity index (χ1v) is 7.32. The van der Waals surface area contributed by atoms with Crippen molar-refractivity contribution >= 4 is 17.9 Å². The molecule has 1 saturated carbocycles. The Hall–Kier alpha value is -1.89. The molecule has 124 valence electrons. The molecule has 7 nitrogen and oxygen atoms in total. The van der Waals surface area contributed by atoms with Crippen molar-refractivity contribution in [1.82, 2.24) is 0 Å². The number of aliphatic carboxylic acids is 1. The van der Waals surface area contributed by atoms with E-state index < -0.39 is 35.8 Å². The zero-order chi connectivity index (χ0) is 16.5. The van der Waals surface area contributed by atoms with Crippen LogP contribution < -0.4 is 0 Å². The molecular weight excluding hydrogens is 292 g/mol. The topological polar surface area (TPSA) is 110 Å². The van der Waals surface area contributed by atoms with Gasteiger partial charge in [-0.3, -0.25) is 9.59 Å². The molecule has 0 heterocycles. The van der Waals surface area contributed by atoms with Gasteiger partial charge in [0.1, 0.15) is 6.61 Å². The van der Waals surface area contributed by atoms with Crippen molar-refractivity contribution in [2.24, 2.45) is 11.8 Å². The van der Waals surface area contributed by atoms with E-state index >= 15 is 0 Å². The predicted molar refractivity (Wildman–Crippen MR) is 75.8 cm³/mol. The number of esters is 2. The molecule has 0 amide bonds. The molecule has 22 heavy (non-hydrogen) atoms. The van der Waals surface area contributed by atoms with Crippen LogP contribution in [0, 0.1) is 11.8 Å². The first-order valence-electron chi connectivity index (χ1n) is 7.32. The normalized spacial score (nSPS) is 22.4. The predicted octanol–water partition coefficient (Wildman–Crippen LogP) is 0.901. The van der Waals surface area contributed by atoms with Gasteiger partial charge in [-0.25, -0.2) is 4.79 Å². The van der Waals surface area contributed by atoms with Crippen molar-refractivity contribution in [3.8, 4) is 0 Å². The van der Waals surface area contributed by atoms with E-state index in [9.17, 15) is 19.5 Å². The Kier molecular flexibility index (Phi) is 7.59. The monoisotopic (exact) mass is 314 g/mol. The summed E-state index contributed by atoms with van der Waals surface area (Å²) >= 11 is 0. The van der Waals surface area contributed by atoms with Gasteiger partial charge < -0.3 is 19.7 Å². The third kappa shape index (κ3) is 5.85. The van der Waals surface area contributed by atoms with Gasteiger partial charge in [0.05, 0.1) is 24.5 Å². The summed E-state index contributed by atoms with van der Waals surface area (Å²) in [5.74, 6) is -3.53. The number of hydrogen-bond acceptors (Lipinski definition) is 6. The van der Waals surface area contributed by atoms with E-state index in [1.165, 1.54) is 0 Å². The van der Waals surface area contributed by atoms with Crippen molar-refractivity contribution in [1.29, 1.82) is 0 Å². The van der Waals surface area contributed by atoms with Crippen LogP contribution >= 0.6 is 0 Å². The molecule has 0 aromatic heterocycles. The van der Waals surface area contributed by atoms with Gasteiger partial charge in [-0.05, 0) is 12.8 Å². The standard InChI is InChI=1S/C15H22O7/c1-2-13(17)21-8-7-10(16)9-22-15(20)12-6-4-3-5-11(12)14(18)19/h2,10-12,16H,1,3-9H2,(H,18,19). The Balaban J connectivity index is 2.33. The summed E-state index contributed by atoms with van der Waals surface area (Å²) in [6.45, 7) is 2.98. The van der Waals surface area contributed by atoms with E-state index in [4.69, 9.17) is 14.6 Å². The van der Waals surface area contributed by atoms with E-state index in [0.717, 1.165) is 18.9 Å². The second kappa shape index (κ2) is 9.19. The van der Waals surface area contributed by atoms with Gasteiger partial charge in [-0.2, -0.15) is 0 Å². The Morgan fingerprint density at radius 2 is 1.82 bits per heavy atom. The molecular formula is C15H22O7. The molecule has 1 fully saturated rings. The zero-order valence-electron chi connectivity index (χ0n) is 12.4. The van der Waals surface area contributed by atoms with Crippen LogP contribution in [-0.4, -0.2) is 47.4 Å². The van der Waals surface area contributed by atoms with Gasteiger partial charge >= 0.3 is 17.9 Å². The third-order valence-corrected chi connectivity index (χ3v) is 3.67. The van der Waals surface area contributed by atoms with Crippen molar-refractivity contribution in [2.45, 2.75) is 38.2 Å². The Bertz CT molecular complexity index is 418. The molecule has 3 unspecified atom stereocenters. The Labute approximate surface area is 128 Å². The summed E-state index contributed by atoms with van der Waals surface area (Å²) in [5.41, 5.74) is 0. The van der Waals surface area contributed by atoms with Crippen LogP contribution in [0.25, 0.3) is 0 Å². The van der Waals surface area contributed by atoms with Gasteiger partial charge in [0.15, 0.2) is 0 Å². The maximum atomic E-state index is 12.0. The van der Waals surface area contributed by atoms with Crippen LogP contribution in [0.4, 0.5) is 0 Å². The molecule has 1 aliphatic rings. The number of carbonyl (C=O) groups is 3. The number of aliphatic hydroxyl groups is 1. The molecule has 0 bridgehead atoms. The lowest BCUT2D eigenvalue weighted by atomic mass is 9.79. The summed E-state index contributed by atoms with van der Waals surface area (Å²) in [7, 11) is 0. The first kappa shape index (κ1) is 18.2. The quantitative estimate of drug-likeness (QED) is 0.506.